The Kier molecular flexibility index (Phi) is 10.2. The molecule has 1 N–H and O–H groups in total. The first kappa shape index (κ1) is 29.3. The summed E-state index contributed by atoms with van der Waals surface area (Å²) in [6.45, 7) is 15.5. The van der Waals surface area contributed by atoms with Crippen LogP contribution in [-0.4, -0.2) is 71.5 Å². The van der Waals surface area contributed by atoms with Crippen molar-refractivity contribution >= 4 is 40.2 Å². The predicted octanol–water partition coefficient (Wildman–Crippen LogP) is 6.41. The molecule has 0 bridgehead atoms. The zero-order valence-electron chi connectivity index (χ0n) is 24.0. The lowest BCUT2D eigenvalue weighted by Gasteiger charge is -2.23. The lowest BCUT2D eigenvalue weighted by molar-refractivity contribution is -0.117. The first-order chi connectivity index (χ1) is 18.7. The number of Topliss-reactive ketones (excluding diaryl/α,β-unsaturated/α-hetero) is 1. The first-order valence-electron chi connectivity index (χ1n) is 14.1. The third-order valence-electron chi connectivity index (χ3n) is 7.30. The summed E-state index contributed by atoms with van der Waals surface area (Å²) in [5.41, 5.74) is 5.29. The molecular formula is C31H42N4O3S. The van der Waals surface area contributed by atoms with Gasteiger partial charge in [0.2, 0.25) is 5.91 Å². The Balaban J connectivity index is 1.23. The molecule has 0 saturated carbocycles. The van der Waals surface area contributed by atoms with Crippen molar-refractivity contribution in [3.63, 3.8) is 0 Å². The molecular weight excluding hydrogens is 508 g/mol. The molecule has 0 aliphatic carbocycles. The molecule has 39 heavy (non-hydrogen) atoms. The largest absolute Gasteiger partial charge is 0.431 e. The second-order valence-electron chi connectivity index (χ2n) is 11.0. The van der Waals surface area contributed by atoms with Crippen molar-refractivity contribution in [2.75, 3.05) is 50.3 Å². The molecule has 210 valence electrons. The Morgan fingerprint density at radius 1 is 0.974 bits per heavy atom. The van der Waals surface area contributed by atoms with Crippen LogP contribution in [0.25, 0.3) is 11.1 Å². The fourth-order valence-electron chi connectivity index (χ4n) is 5.20. The number of nitrogens with one attached hydrogen (secondary N) is 1. The average Bonchev–Trinajstić information content (AvgIpc) is 3.19. The summed E-state index contributed by atoms with van der Waals surface area (Å²) < 4.78 is 5.88. The first-order valence-corrected chi connectivity index (χ1v) is 15.1. The van der Waals surface area contributed by atoms with Crippen molar-refractivity contribution in [3.8, 4) is 0 Å². The molecule has 1 aromatic heterocycles. The quantitative estimate of drug-likeness (QED) is 0.168. The molecule has 3 aromatic rings. The van der Waals surface area contributed by atoms with E-state index in [0.717, 1.165) is 62.5 Å². The van der Waals surface area contributed by atoms with Crippen LogP contribution in [-0.2, 0) is 4.79 Å². The van der Waals surface area contributed by atoms with E-state index in [1.54, 1.807) is 24.8 Å². The topological polar surface area (TPSA) is 78.7 Å². The SMILES string of the molecule is CC(=O)c1cccc2nc(SCCCN3CCCN(CC(=O)Nc4c(C(C)C)cccc4C(C)C)CC3)oc12. The number of thioether (sulfide) groups is 1. The lowest BCUT2D eigenvalue weighted by Crippen LogP contribution is -2.37. The summed E-state index contributed by atoms with van der Waals surface area (Å²) in [6, 6.07) is 11.9. The van der Waals surface area contributed by atoms with E-state index in [4.69, 9.17) is 4.42 Å². The molecule has 0 unspecified atom stereocenters. The second-order valence-corrected chi connectivity index (χ2v) is 12.1. The van der Waals surface area contributed by atoms with Gasteiger partial charge >= 0.3 is 0 Å². The molecule has 0 spiro atoms. The number of anilines is 1. The van der Waals surface area contributed by atoms with E-state index in [2.05, 4.69) is 66.0 Å². The molecule has 0 radical (unpaired) electrons. The smallest absolute Gasteiger partial charge is 0.256 e. The van der Waals surface area contributed by atoms with Crippen molar-refractivity contribution in [3.05, 3.63) is 53.1 Å². The van der Waals surface area contributed by atoms with Gasteiger partial charge in [0.05, 0.1) is 12.1 Å². The third kappa shape index (κ3) is 7.71. The standard InChI is InChI=1S/C31H42N4O3S/c1-21(2)24-10-6-11-25(22(3)4)29(24)33-28(37)20-35-15-8-14-34(17-18-35)16-9-19-39-31-32-27-13-7-12-26(23(5)36)30(27)38-31/h6-7,10-13,21-22H,8-9,14-20H2,1-5H3,(H,33,37). The number of fused-ring (bicyclic) bond motifs is 1. The van der Waals surface area contributed by atoms with E-state index < -0.39 is 0 Å². The van der Waals surface area contributed by atoms with Gasteiger partial charge in [-0.2, -0.15) is 0 Å². The summed E-state index contributed by atoms with van der Waals surface area (Å²) in [7, 11) is 0. The summed E-state index contributed by atoms with van der Waals surface area (Å²) in [6.07, 6.45) is 2.08. The van der Waals surface area contributed by atoms with Crippen molar-refractivity contribution in [1.29, 1.82) is 0 Å². The van der Waals surface area contributed by atoms with Gasteiger partial charge in [0, 0.05) is 24.5 Å². The Hall–Kier alpha value is -2.68. The Bertz CT molecular complexity index is 1260. The highest BCUT2D eigenvalue weighted by Gasteiger charge is 2.20. The van der Waals surface area contributed by atoms with Crippen LogP contribution in [0, 0.1) is 0 Å². The summed E-state index contributed by atoms with van der Waals surface area (Å²) >= 11 is 1.60. The minimum atomic E-state index is -0.0123. The molecule has 1 fully saturated rings. The molecule has 8 heteroatoms. The Labute approximate surface area is 236 Å². The molecule has 7 nitrogen and oxygen atoms in total. The number of carbonyl (C=O) groups is 2. The minimum absolute atomic E-state index is 0.0123. The zero-order valence-corrected chi connectivity index (χ0v) is 24.8. The molecule has 1 saturated heterocycles. The summed E-state index contributed by atoms with van der Waals surface area (Å²) in [5.74, 6) is 1.66. The number of hydrogen-bond donors (Lipinski definition) is 1. The highest BCUT2D eigenvalue weighted by atomic mass is 32.2. The third-order valence-corrected chi connectivity index (χ3v) is 8.22. The van der Waals surface area contributed by atoms with Gasteiger partial charge in [-0.3, -0.25) is 14.5 Å². The Morgan fingerprint density at radius 3 is 2.33 bits per heavy atom. The number of aromatic nitrogens is 1. The van der Waals surface area contributed by atoms with Crippen molar-refractivity contribution in [1.82, 2.24) is 14.8 Å². The Morgan fingerprint density at radius 2 is 1.64 bits per heavy atom. The number of oxazole rings is 1. The van der Waals surface area contributed by atoms with Gasteiger partial charge in [-0.05, 0) is 74.5 Å². The summed E-state index contributed by atoms with van der Waals surface area (Å²) in [5, 5.41) is 3.88. The predicted molar refractivity (Wildman–Crippen MR) is 160 cm³/mol. The number of nitrogens with zero attached hydrogens (tertiary/aromatic N) is 3. The van der Waals surface area contributed by atoms with Gasteiger partial charge in [-0.1, -0.05) is 63.7 Å². The van der Waals surface area contributed by atoms with Crippen LogP contribution in [0.4, 0.5) is 5.69 Å². The van der Waals surface area contributed by atoms with E-state index in [9.17, 15) is 9.59 Å². The summed E-state index contributed by atoms with van der Waals surface area (Å²) in [4.78, 5) is 34.2. The van der Waals surface area contributed by atoms with Crippen LogP contribution >= 0.6 is 11.8 Å². The average molecular weight is 551 g/mol. The number of para-hydroxylation sites is 2. The van der Waals surface area contributed by atoms with Crippen LogP contribution in [0.15, 0.2) is 46.0 Å². The van der Waals surface area contributed by atoms with Gasteiger partial charge in [-0.25, -0.2) is 4.98 Å². The number of ketones is 1. The van der Waals surface area contributed by atoms with Crippen LogP contribution in [0.3, 0.4) is 0 Å². The van der Waals surface area contributed by atoms with E-state index in [1.165, 1.54) is 11.1 Å². The van der Waals surface area contributed by atoms with Crippen LogP contribution in [0.5, 0.6) is 0 Å². The van der Waals surface area contributed by atoms with Gasteiger partial charge < -0.3 is 14.6 Å². The molecule has 0 atom stereocenters. The second kappa shape index (κ2) is 13.6. The van der Waals surface area contributed by atoms with Gasteiger partial charge in [0.25, 0.3) is 5.22 Å². The molecule has 4 rings (SSSR count). The van der Waals surface area contributed by atoms with Crippen molar-refractivity contribution in [2.24, 2.45) is 0 Å². The van der Waals surface area contributed by atoms with Crippen LogP contribution in [0.1, 0.15) is 80.8 Å². The van der Waals surface area contributed by atoms with E-state index >= 15 is 0 Å². The number of hydrogen-bond acceptors (Lipinski definition) is 7. The molecule has 2 heterocycles. The molecule has 1 aliphatic rings. The number of benzene rings is 2. The molecule has 1 aliphatic heterocycles. The maximum Gasteiger partial charge on any atom is 0.256 e. The maximum atomic E-state index is 13.1. The van der Waals surface area contributed by atoms with Gasteiger partial charge in [0.15, 0.2) is 11.4 Å². The fourth-order valence-corrected chi connectivity index (χ4v) is 5.95. The van der Waals surface area contributed by atoms with E-state index in [-0.39, 0.29) is 11.7 Å². The van der Waals surface area contributed by atoms with Crippen molar-refractivity contribution < 1.29 is 14.0 Å². The van der Waals surface area contributed by atoms with Crippen LogP contribution < -0.4 is 5.32 Å². The number of carbonyl (C=O) groups excluding carboxylic acids is 2. The number of rotatable bonds is 11. The van der Waals surface area contributed by atoms with Gasteiger partial charge in [-0.15, -0.1) is 0 Å². The number of amides is 1. The van der Waals surface area contributed by atoms with Crippen LogP contribution in [0.2, 0.25) is 0 Å². The van der Waals surface area contributed by atoms with E-state index in [0.29, 0.717) is 34.7 Å². The molecule has 2 aromatic carbocycles. The maximum absolute atomic E-state index is 13.1. The minimum Gasteiger partial charge on any atom is -0.431 e. The monoisotopic (exact) mass is 550 g/mol. The highest BCUT2D eigenvalue weighted by molar-refractivity contribution is 7.99. The zero-order chi connectivity index (χ0) is 27.9. The normalized spacial score (nSPS) is 15.3. The fraction of sp³-hybridized carbons (Fsp3) is 0.516. The molecule has 1 amide bonds. The van der Waals surface area contributed by atoms with Crippen molar-refractivity contribution in [2.45, 2.75) is 64.5 Å². The highest BCUT2D eigenvalue weighted by Crippen LogP contribution is 2.32. The lowest BCUT2D eigenvalue weighted by atomic mass is 9.92. The van der Waals surface area contributed by atoms with E-state index in [1.807, 2.05) is 12.1 Å². The van der Waals surface area contributed by atoms with Gasteiger partial charge in [0.1, 0.15) is 5.52 Å².